The first kappa shape index (κ1) is 37.9. The fourth-order valence-electron chi connectivity index (χ4n) is 4.97. The Kier molecular flexibility index (Phi) is 14.2. The van der Waals surface area contributed by atoms with Crippen molar-refractivity contribution < 1.29 is 33.3 Å². The maximum Gasteiger partial charge on any atom is 0.510 e. The smallest absolute Gasteiger partial charge is 0.464 e. The van der Waals surface area contributed by atoms with Crippen molar-refractivity contribution in [2.24, 2.45) is 0 Å². The fraction of sp³-hybridized carbons (Fsp3) is 0.432. The molecule has 0 fully saturated rings. The van der Waals surface area contributed by atoms with E-state index in [0.717, 1.165) is 16.7 Å². The van der Waals surface area contributed by atoms with E-state index in [-0.39, 0.29) is 18.3 Å². The van der Waals surface area contributed by atoms with Crippen LogP contribution in [0.2, 0.25) is 0 Å². The predicted molar refractivity (Wildman–Crippen MR) is 186 cm³/mol. The molecule has 1 N–H and O–H groups in total. The Hall–Kier alpha value is -3.53. The molecule has 0 saturated heterocycles. The Bertz CT molecular complexity index is 1320. The molecule has 3 aromatic carbocycles. The zero-order valence-corrected chi connectivity index (χ0v) is 29.6. The van der Waals surface area contributed by atoms with Crippen LogP contribution in [-0.4, -0.2) is 59.8 Å². The van der Waals surface area contributed by atoms with E-state index in [1.54, 1.807) is 25.6 Å². The number of carbonyl (C=O) groups is 3. The summed E-state index contributed by atoms with van der Waals surface area (Å²) in [7, 11) is 0. The van der Waals surface area contributed by atoms with Crippen LogP contribution in [0, 0.1) is 0 Å². The number of alkyl halides is 1. The van der Waals surface area contributed by atoms with Crippen LogP contribution in [0.25, 0.3) is 0 Å². The zero-order chi connectivity index (χ0) is 34.5. The number of hydrogen-bond donors (Lipinski definition) is 1. The molecular formula is C37H46ClNO7S. The molecular weight excluding hydrogens is 638 g/mol. The molecule has 0 spiro atoms. The summed E-state index contributed by atoms with van der Waals surface area (Å²) in [6.45, 7) is 10.6. The third kappa shape index (κ3) is 11.9. The second-order valence-corrected chi connectivity index (χ2v) is 14.2. The first-order valence-electron chi connectivity index (χ1n) is 15.7. The van der Waals surface area contributed by atoms with Gasteiger partial charge in [0.2, 0.25) is 5.91 Å². The SMILES string of the molecule is CC(=O)N[C@@H](CSC(c1ccccc1)(c1ccccc1)c1ccccc1)C(=O)OCCC(C)(C)OCCC(C)(C)OC(=O)OC(C)Cl. The van der Waals surface area contributed by atoms with Gasteiger partial charge >= 0.3 is 12.1 Å². The first-order chi connectivity index (χ1) is 22.2. The van der Waals surface area contributed by atoms with Crippen molar-refractivity contribution in [1.82, 2.24) is 5.32 Å². The summed E-state index contributed by atoms with van der Waals surface area (Å²) in [5.41, 5.74) is 0.895. The molecule has 0 aliphatic heterocycles. The minimum Gasteiger partial charge on any atom is -0.464 e. The van der Waals surface area contributed by atoms with Crippen LogP contribution >= 0.6 is 23.4 Å². The third-order valence-corrected chi connectivity index (χ3v) is 9.16. The number of esters is 1. The predicted octanol–water partition coefficient (Wildman–Crippen LogP) is 7.85. The molecule has 47 heavy (non-hydrogen) atoms. The number of hydrogen-bond acceptors (Lipinski definition) is 8. The van der Waals surface area contributed by atoms with Gasteiger partial charge in [-0.2, -0.15) is 0 Å². The molecule has 0 aliphatic rings. The number of nitrogens with one attached hydrogen (secondary N) is 1. The van der Waals surface area contributed by atoms with Crippen molar-refractivity contribution in [3.8, 4) is 0 Å². The van der Waals surface area contributed by atoms with Gasteiger partial charge in [0.1, 0.15) is 11.6 Å². The van der Waals surface area contributed by atoms with Crippen molar-refractivity contribution in [1.29, 1.82) is 0 Å². The van der Waals surface area contributed by atoms with Gasteiger partial charge in [-0.05, 0) is 51.3 Å². The van der Waals surface area contributed by atoms with E-state index in [9.17, 15) is 14.4 Å². The number of halogens is 1. The average molecular weight is 684 g/mol. The van der Waals surface area contributed by atoms with Gasteiger partial charge in [-0.1, -0.05) is 103 Å². The Morgan fingerprint density at radius 2 is 1.23 bits per heavy atom. The van der Waals surface area contributed by atoms with E-state index in [4.69, 9.17) is 30.5 Å². The van der Waals surface area contributed by atoms with Gasteiger partial charge in [0.15, 0.2) is 5.56 Å². The van der Waals surface area contributed by atoms with E-state index in [0.29, 0.717) is 19.4 Å². The number of benzene rings is 3. The zero-order valence-electron chi connectivity index (χ0n) is 28.0. The largest absolute Gasteiger partial charge is 0.510 e. The summed E-state index contributed by atoms with van der Waals surface area (Å²) >= 11 is 7.26. The molecule has 10 heteroatoms. The number of ether oxygens (including phenoxy) is 4. The van der Waals surface area contributed by atoms with Gasteiger partial charge in [-0.15, -0.1) is 11.8 Å². The maximum absolute atomic E-state index is 13.5. The van der Waals surface area contributed by atoms with E-state index in [2.05, 4.69) is 41.7 Å². The summed E-state index contributed by atoms with van der Waals surface area (Å²) in [5, 5.41) is 2.81. The van der Waals surface area contributed by atoms with E-state index >= 15 is 0 Å². The van der Waals surface area contributed by atoms with Crippen LogP contribution in [0.1, 0.15) is 71.1 Å². The Morgan fingerprint density at radius 1 is 0.766 bits per heavy atom. The molecule has 1 unspecified atom stereocenters. The van der Waals surface area contributed by atoms with Crippen LogP contribution in [-0.2, 0) is 33.3 Å². The lowest BCUT2D eigenvalue weighted by atomic mass is 9.84. The number of thioether (sulfide) groups is 1. The van der Waals surface area contributed by atoms with Crippen LogP contribution in [0.15, 0.2) is 91.0 Å². The van der Waals surface area contributed by atoms with Crippen LogP contribution in [0.3, 0.4) is 0 Å². The number of amides is 1. The van der Waals surface area contributed by atoms with Crippen LogP contribution < -0.4 is 5.32 Å². The molecule has 2 atom stereocenters. The molecule has 0 radical (unpaired) electrons. The highest BCUT2D eigenvalue weighted by Gasteiger charge is 2.39. The lowest BCUT2D eigenvalue weighted by Gasteiger charge is -2.36. The molecule has 0 aliphatic carbocycles. The fourth-order valence-corrected chi connectivity index (χ4v) is 6.58. The number of rotatable bonds is 17. The summed E-state index contributed by atoms with van der Waals surface area (Å²) in [5.74, 6) is -0.583. The van der Waals surface area contributed by atoms with Gasteiger partial charge < -0.3 is 24.3 Å². The van der Waals surface area contributed by atoms with Crippen molar-refractivity contribution in [3.05, 3.63) is 108 Å². The number of carbonyl (C=O) groups excluding carboxylic acids is 3. The lowest BCUT2D eigenvalue weighted by Crippen LogP contribution is -2.44. The summed E-state index contributed by atoms with van der Waals surface area (Å²) in [6, 6.07) is 29.6. The molecule has 0 aromatic heterocycles. The molecule has 0 saturated carbocycles. The standard InChI is InChI=1S/C37H46ClNO7S/c1-27(38)45-34(42)46-36(5,6)23-25-44-35(3,4)22-24-43-33(41)32(39-28(2)40)26-47-37(29-16-10-7-11-17-29,30-18-12-8-13-19-30)31-20-14-9-15-21-31/h7-21,27,32H,22-26H2,1-6H3,(H,39,40)/t27?,32-/m0/s1. The van der Waals surface area contributed by atoms with Gasteiger partial charge in [-0.3, -0.25) is 4.79 Å². The minimum atomic E-state index is -0.884. The van der Waals surface area contributed by atoms with Gasteiger partial charge in [0.05, 0.1) is 23.6 Å². The Labute approximate surface area is 287 Å². The molecule has 3 aromatic rings. The van der Waals surface area contributed by atoms with Crippen molar-refractivity contribution in [2.45, 2.75) is 81.9 Å². The van der Waals surface area contributed by atoms with Crippen LogP contribution in [0.5, 0.6) is 0 Å². The Morgan fingerprint density at radius 3 is 1.68 bits per heavy atom. The van der Waals surface area contributed by atoms with Gasteiger partial charge in [0, 0.05) is 25.5 Å². The highest BCUT2D eigenvalue weighted by molar-refractivity contribution is 8.00. The highest BCUT2D eigenvalue weighted by atomic mass is 35.5. The minimum absolute atomic E-state index is 0.0909. The van der Waals surface area contributed by atoms with Crippen molar-refractivity contribution in [3.63, 3.8) is 0 Å². The third-order valence-electron chi connectivity index (χ3n) is 7.43. The van der Waals surface area contributed by atoms with E-state index < -0.39 is 39.7 Å². The maximum atomic E-state index is 13.5. The van der Waals surface area contributed by atoms with Crippen molar-refractivity contribution in [2.75, 3.05) is 19.0 Å². The van der Waals surface area contributed by atoms with Gasteiger partial charge in [0.25, 0.3) is 0 Å². The van der Waals surface area contributed by atoms with Crippen molar-refractivity contribution >= 4 is 41.4 Å². The van der Waals surface area contributed by atoms with E-state index in [1.807, 2.05) is 68.4 Å². The monoisotopic (exact) mass is 683 g/mol. The molecule has 0 heterocycles. The summed E-state index contributed by atoms with van der Waals surface area (Å²) < 4.78 is 21.3. The summed E-state index contributed by atoms with van der Waals surface area (Å²) in [4.78, 5) is 37.5. The van der Waals surface area contributed by atoms with Crippen LogP contribution in [0.4, 0.5) is 4.79 Å². The highest BCUT2D eigenvalue weighted by Crippen LogP contribution is 2.48. The second kappa shape index (κ2) is 17.6. The molecule has 1 amide bonds. The van der Waals surface area contributed by atoms with Gasteiger partial charge in [-0.25, -0.2) is 9.59 Å². The second-order valence-electron chi connectivity index (χ2n) is 12.4. The lowest BCUT2D eigenvalue weighted by molar-refractivity contribution is -0.149. The average Bonchev–Trinajstić information content (AvgIpc) is 3.01. The first-order valence-corrected chi connectivity index (χ1v) is 17.1. The normalized spacial score (nSPS) is 13.3. The Balaban J connectivity index is 1.69. The van der Waals surface area contributed by atoms with E-state index in [1.165, 1.54) is 13.8 Å². The molecule has 3 rings (SSSR count). The molecule has 254 valence electrons. The quantitative estimate of drug-likeness (QED) is 0.0873. The molecule has 8 nitrogen and oxygen atoms in total. The molecule has 0 bridgehead atoms. The topological polar surface area (TPSA) is 100 Å². The summed E-state index contributed by atoms with van der Waals surface area (Å²) in [6.07, 6.45) is -0.0204.